The van der Waals surface area contributed by atoms with Crippen molar-refractivity contribution in [3.63, 3.8) is 0 Å². The number of esters is 2. The van der Waals surface area contributed by atoms with Crippen LogP contribution in [0.3, 0.4) is 0 Å². The second kappa shape index (κ2) is 10.8. The minimum atomic E-state index is -0.282. The highest BCUT2D eigenvalue weighted by Gasteiger charge is 2.07. The Morgan fingerprint density at radius 2 is 1.26 bits per heavy atom. The smallest absolute Gasteiger partial charge is 0.338 e. The van der Waals surface area contributed by atoms with Crippen molar-refractivity contribution in [3.8, 4) is 0 Å². The number of rotatable bonds is 2. The first-order valence-corrected chi connectivity index (χ1v) is 7.56. The van der Waals surface area contributed by atoms with E-state index in [2.05, 4.69) is 32.1 Å². The van der Waals surface area contributed by atoms with Gasteiger partial charge in [-0.15, -0.1) is 0 Å². The summed E-state index contributed by atoms with van der Waals surface area (Å²) in [5.74, 6) is -0.557. The van der Waals surface area contributed by atoms with Crippen molar-refractivity contribution in [2.24, 2.45) is 0 Å². The molecule has 4 nitrogen and oxygen atoms in total. The van der Waals surface area contributed by atoms with E-state index in [-0.39, 0.29) is 19.4 Å². The molecule has 0 spiro atoms. The van der Waals surface area contributed by atoms with Gasteiger partial charge in [0.05, 0.1) is 25.3 Å². The predicted molar refractivity (Wildman–Crippen MR) is 99.7 cm³/mol. The first-order chi connectivity index (χ1) is 10.5. The van der Waals surface area contributed by atoms with Crippen LogP contribution in [-0.4, -0.2) is 26.2 Å². The Morgan fingerprint density at radius 3 is 1.74 bits per heavy atom. The molecule has 0 fully saturated rings. The van der Waals surface area contributed by atoms with E-state index in [4.69, 9.17) is 0 Å². The zero-order valence-electron chi connectivity index (χ0n) is 12.6. The molecule has 0 heterocycles. The van der Waals surface area contributed by atoms with E-state index in [1.54, 1.807) is 12.1 Å². The van der Waals surface area contributed by atoms with Gasteiger partial charge in [-0.25, -0.2) is 9.59 Å². The Bertz CT molecular complexity index is 595. The van der Waals surface area contributed by atoms with Gasteiger partial charge in [-0.2, -0.15) is 0 Å². The fraction of sp³-hybridized carbons (Fsp3) is 0.222. The van der Waals surface area contributed by atoms with Crippen molar-refractivity contribution in [1.29, 1.82) is 0 Å². The highest BCUT2D eigenvalue weighted by atomic mass is 127. The molecule has 0 saturated heterocycles. The SMILES string of the molecule is C.COC(=O)c1ccccc1C.COC(=O)c1ccccc1I. The summed E-state index contributed by atoms with van der Waals surface area (Å²) in [5.41, 5.74) is 2.20. The first-order valence-electron chi connectivity index (χ1n) is 6.48. The van der Waals surface area contributed by atoms with Gasteiger partial charge in [-0.1, -0.05) is 37.8 Å². The molecule has 0 bridgehead atoms. The molecule has 0 unspecified atom stereocenters. The number of methoxy groups -OCH3 is 2. The summed E-state index contributed by atoms with van der Waals surface area (Å²) in [4.78, 5) is 22.0. The van der Waals surface area contributed by atoms with Gasteiger partial charge in [0, 0.05) is 3.57 Å². The van der Waals surface area contributed by atoms with E-state index in [1.165, 1.54) is 14.2 Å². The van der Waals surface area contributed by atoms with Crippen molar-refractivity contribution in [2.75, 3.05) is 14.2 Å². The lowest BCUT2D eigenvalue weighted by molar-refractivity contribution is 0.0591. The monoisotopic (exact) mass is 428 g/mol. The van der Waals surface area contributed by atoms with Crippen molar-refractivity contribution in [1.82, 2.24) is 0 Å². The molecule has 0 radical (unpaired) electrons. The molecule has 0 amide bonds. The second-order valence-electron chi connectivity index (χ2n) is 4.28. The molecule has 2 rings (SSSR count). The van der Waals surface area contributed by atoms with Gasteiger partial charge >= 0.3 is 11.9 Å². The summed E-state index contributed by atoms with van der Waals surface area (Å²) >= 11 is 2.10. The summed E-state index contributed by atoms with van der Waals surface area (Å²) in [7, 11) is 2.76. The van der Waals surface area contributed by atoms with Crippen LogP contribution < -0.4 is 0 Å². The fourth-order valence-electron chi connectivity index (χ4n) is 1.65. The van der Waals surface area contributed by atoms with Crippen LogP contribution in [0, 0.1) is 10.5 Å². The van der Waals surface area contributed by atoms with Crippen molar-refractivity contribution in [2.45, 2.75) is 14.4 Å². The Morgan fingerprint density at radius 1 is 0.826 bits per heavy atom. The predicted octanol–water partition coefficient (Wildman–Crippen LogP) is 4.50. The molecule has 0 aromatic heterocycles. The topological polar surface area (TPSA) is 52.6 Å². The number of ether oxygens (including phenoxy) is 2. The van der Waals surface area contributed by atoms with Gasteiger partial charge in [-0.05, 0) is 53.3 Å². The molecule has 0 aliphatic rings. The molecule has 0 atom stereocenters. The maximum Gasteiger partial charge on any atom is 0.338 e. The number of aryl methyl sites for hydroxylation is 1. The van der Waals surface area contributed by atoms with Gasteiger partial charge in [0.2, 0.25) is 0 Å². The van der Waals surface area contributed by atoms with Gasteiger partial charge in [0.25, 0.3) is 0 Å². The summed E-state index contributed by atoms with van der Waals surface area (Å²) in [6.07, 6.45) is 0. The number of halogens is 1. The van der Waals surface area contributed by atoms with Crippen LogP contribution in [0.1, 0.15) is 33.7 Å². The number of carbonyl (C=O) groups is 2. The van der Waals surface area contributed by atoms with Crippen molar-refractivity contribution in [3.05, 3.63) is 68.8 Å². The standard InChI is InChI=1S/C9H10O2.C8H7IO2.CH4/c1-7-5-3-4-6-8(7)9(10)11-2;1-11-8(10)6-4-2-3-5-7(6)9;/h3-6H,1-2H3;2-5H,1H3;1H4. The second-order valence-corrected chi connectivity index (χ2v) is 5.44. The molecule has 2 aromatic carbocycles. The third-order valence-electron chi connectivity index (χ3n) is 2.83. The zero-order chi connectivity index (χ0) is 16.5. The lowest BCUT2D eigenvalue weighted by Gasteiger charge is -2.00. The van der Waals surface area contributed by atoms with Crippen LogP contribution in [0.2, 0.25) is 0 Å². The van der Waals surface area contributed by atoms with Gasteiger partial charge < -0.3 is 9.47 Å². The Kier molecular flexibility index (Phi) is 9.89. The lowest BCUT2D eigenvalue weighted by atomic mass is 10.1. The van der Waals surface area contributed by atoms with E-state index in [0.29, 0.717) is 11.1 Å². The summed E-state index contributed by atoms with van der Waals surface area (Å²) < 4.78 is 10.1. The van der Waals surface area contributed by atoms with Crippen LogP contribution in [0.5, 0.6) is 0 Å². The molecule has 0 aliphatic carbocycles. The molecular formula is C18H21IO4. The summed E-state index contributed by atoms with van der Waals surface area (Å²) in [6.45, 7) is 1.88. The molecule has 5 heteroatoms. The van der Waals surface area contributed by atoms with Gasteiger partial charge in [0.15, 0.2) is 0 Å². The van der Waals surface area contributed by atoms with E-state index in [1.807, 2.05) is 43.3 Å². The number of hydrogen-bond acceptors (Lipinski definition) is 4. The highest BCUT2D eigenvalue weighted by Crippen LogP contribution is 2.11. The zero-order valence-corrected chi connectivity index (χ0v) is 14.8. The van der Waals surface area contributed by atoms with Crippen LogP contribution in [-0.2, 0) is 9.47 Å². The molecule has 2 aromatic rings. The Hall–Kier alpha value is -1.89. The number of benzene rings is 2. The summed E-state index contributed by atoms with van der Waals surface area (Å²) in [5, 5.41) is 0. The summed E-state index contributed by atoms with van der Waals surface area (Å²) in [6, 6.07) is 14.7. The molecule has 0 saturated carbocycles. The first kappa shape index (κ1) is 21.1. The minimum absolute atomic E-state index is 0. The van der Waals surface area contributed by atoms with E-state index in [0.717, 1.165) is 9.13 Å². The van der Waals surface area contributed by atoms with Crippen LogP contribution >= 0.6 is 22.6 Å². The largest absolute Gasteiger partial charge is 0.465 e. The average Bonchev–Trinajstić information content (AvgIpc) is 2.55. The molecule has 0 aliphatic heterocycles. The highest BCUT2D eigenvalue weighted by molar-refractivity contribution is 14.1. The molecular weight excluding hydrogens is 407 g/mol. The third kappa shape index (κ3) is 6.40. The maximum atomic E-state index is 11.0. The molecule has 23 heavy (non-hydrogen) atoms. The van der Waals surface area contributed by atoms with E-state index < -0.39 is 0 Å². The quantitative estimate of drug-likeness (QED) is 0.523. The third-order valence-corrected chi connectivity index (χ3v) is 3.77. The van der Waals surface area contributed by atoms with E-state index >= 15 is 0 Å². The number of carbonyl (C=O) groups excluding carboxylic acids is 2. The van der Waals surface area contributed by atoms with Crippen LogP contribution in [0.25, 0.3) is 0 Å². The van der Waals surface area contributed by atoms with E-state index in [9.17, 15) is 9.59 Å². The van der Waals surface area contributed by atoms with Gasteiger partial charge in [-0.3, -0.25) is 0 Å². The van der Waals surface area contributed by atoms with Gasteiger partial charge in [0.1, 0.15) is 0 Å². The molecule has 0 N–H and O–H groups in total. The number of hydrogen-bond donors (Lipinski definition) is 0. The fourth-order valence-corrected chi connectivity index (χ4v) is 2.26. The normalized spacial score (nSPS) is 8.87. The molecule has 124 valence electrons. The van der Waals surface area contributed by atoms with Crippen molar-refractivity contribution < 1.29 is 19.1 Å². The average molecular weight is 428 g/mol. The minimum Gasteiger partial charge on any atom is -0.465 e. The van der Waals surface area contributed by atoms with Crippen LogP contribution in [0.4, 0.5) is 0 Å². The maximum absolute atomic E-state index is 11.0. The van der Waals surface area contributed by atoms with Crippen LogP contribution in [0.15, 0.2) is 48.5 Å². The lowest BCUT2D eigenvalue weighted by Crippen LogP contribution is -2.02. The Balaban J connectivity index is 0.000000403. The van der Waals surface area contributed by atoms with Crippen molar-refractivity contribution >= 4 is 34.5 Å². The Labute approximate surface area is 151 Å².